The maximum atomic E-state index is 11.8. The van der Waals surface area contributed by atoms with Crippen molar-refractivity contribution in [2.75, 3.05) is 0 Å². The summed E-state index contributed by atoms with van der Waals surface area (Å²) in [6.45, 7) is 2.84. The smallest absolute Gasteiger partial charge is 0.220 e. The average molecular weight is 362 g/mol. The first-order valence-corrected chi connectivity index (χ1v) is 10.7. The van der Waals surface area contributed by atoms with Crippen LogP contribution in [0.4, 0.5) is 0 Å². The molecule has 0 spiro atoms. The molecular weight excluding hydrogens is 322 g/mol. The Balaban J connectivity index is 1.90. The van der Waals surface area contributed by atoms with E-state index in [9.17, 15) is 9.90 Å². The van der Waals surface area contributed by atoms with Crippen LogP contribution in [0.1, 0.15) is 96.0 Å². The number of rotatable bonds is 16. The van der Waals surface area contributed by atoms with Crippen LogP contribution >= 0.6 is 0 Å². The lowest BCUT2D eigenvalue weighted by molar-refractivity contribution is -0.121. The molecule has 0 fully saturated rings. The third kappa shape index (κ3) is 12.9. The van der Waals surface area contributed by atoms with Gasteiger partial charge in [0, 0.05) is 13.0 Å². The van der Waals surface area contributed by atoms with E-state index in [0.29, 0.717) is 13.0 Å². The Hall–Kier alpha value is -1.35. The Bertz CT molecular complexity index is 447. The summed E-state index contributed by atoms with van der Waals surface area (Å²) in [7, 11) is 0. The fraction of sp³-hybridized carbons (Fsp3) is 0.696. The van der Waals surface area contributed by atoms with E-state index in [2.05, 4.69) is 12.2 Å². The van der Waals surface area contributed by atoms with Gasteiger partial charge >= 0.3 is 0 Å². The van der Waals surface area contributed by atoms with Gasteiger partial charge < -0.3 is 10.4 Å². The molecule has 1 aromatic carbocycles. The molecule has 3 heteroatoms. The SMILES string of the molecule is CCCCCCCCCCC[C@H](O)CCCC(=O)NCc1ccccc1. The molecule has 0 heterocycles. The minimum absolute atomic E-state index is 0.0733. The molecule has 1 rings (SSSR count). The van der Waals surface area contributed by atoms with Crippen molar-refractivity contribution in [2.45, 2.75) is 103 Å². The van der Waals surface area contributed by atoms with Crippen molar-refractivity contribution >= 4 is 5.91 Å². The van der Waals surface area contributed by atoms with Crippen molar-refractivity contribution in [3.8, 4) is 0 Å². The summed E-state index contributed by atoms with van der Waals surface area (Å²) in [6, 6.07) is 9.94. The zero-order valence-corrected chi connectivity index (χ0v) is 16.7. The molecule has 0 saturated heterocycles. The third-order valence-electron chi connectivity index (χ3n) is 4.91. The van der Waals surface area contributed by atoms with Crippen LogP contribution in [0.25, 0.3) is 0 Å². The molecule has 0 aliphatic heterocycles. The molecule has 1 amide bonds. The third-order valence-corrected chi connectivity index (χ3v) is 4.91. The maximum Gasteiger partial charge on any atom is 0.220 e. The van der Waals surface area contributed by atoms with E-state index in [4.69, 9.17) is 0 Å². The monoisotopic (exact) mass is 361 g/mol. The second-order valence-corrected chi connectivity index (χ2v) is 7.43. The highest BCUT2D eigenvalue weighted by molar-refractivity contribution is 5.75. The van der Waals surface area contributed by atoms with Crippen LogP contribution in [0, 0.1) is 0 Å². The summed E-state index contributed by atoms with van der Waals surface area (Å²) in [5.74, 6) is 0.0733. The Morgan fingerprint density at radius 2 is 1.46 bits per heavy atom. The van der Waals surface area contributed by atoms with E-state index in [-0.39, 0.29) is 12.0 Å². The zero-order chi connectivity index (χ0) is 18.9. The summed E-state index contributed by atoms with van der Waals surface area (Å²) in [4.78, 5) is 11.8. The molecule has 0 saturated carbocycles. The van der Waals surface area contributed by atoms with E-state index < -0.39 is 0 Å². The van der Waals surface area contributed by atoms with E-state index in [0.717, 1.165) is 31.2 Å². The highest BCUT2D eigenvalue weighted by Crippen LogP contribution is 2.13. The summed E-state index contributed by atoms with van der Waals surface area (Å²) in [6.07, 6.45) is 14.4. The number of benzene rings is 1. The summed E-state index contributed by atoms with van der Waals surface area (Å²) in [5, 5.41) is 13.0. The maximum absolute atomic E-state index is 11.8. The molecule has 0 unspecified atom stereocenters. The lowest BCUT2D eigenvalue weighted by Crippen LogP contribution is -2.22. The fourth-order valence-electron chi connectivity index (χ4n) is 3.22. The van der Waals surface area contributed by atoms with Crippen LogP contribution in [-0.2, 0) is 11.3 Å². The molecule has 0 bridgehead atoms. The topological polar surface area (TPSA) is 49.3 Å². The zero-order valence-electron chi connectivity index (χ0n) is 16.7. The molecule has 0 aliphatic rings. The second-order valence-electron chi connectivity index (χ2n) is 7.43. The summed E-state index contributed by atoms with van der Waals surface area (Å²) < 4.78 is 0. The fourth-order valence-corrected chi connectivity index (χ4v) is 3.22. The van der Waals surface area contributed by atoms with Gasteiger partial charge in [0.15, 0.2) is 0 Å². The molecule has 148 valence electrons. The molecule has 1 atom stereocenters. The molecule has 1 aromatic rings. The van der Waals surface area contributed by atoms with Gasteiger partial charge in [0.1, 0.15) is 0 Å². The largest absolute Gasteiger partial charge is 0.393 e. The van der Waals surface area contributed by atoms with Crippen LogP contribution in [0.15, 0.2) is 30.3 Å². The van der Waals surface area contributed by atoms with E-state index in [1.807, 2.05) is 30.3 Å². The van der Waals surface area contributed by atoms with Gasteiger partial charge in [-0.05, 0) is 24.8 Å². The molecule has 0 aliphatic carbocycles. The van der Waals surface area contributed by atoms with Crippen molar-refractivity contribution < 1.29 is 9.90 Å². The highest BCUT2D eigenvalue weighted by atomic mass is 16.3. The number of unbranched alkanes of at least 4 members (excludes halogenated alkanes) is 8. The van der Waals surface area contributed by atoms with Gasteiger partial charge in [-0.1, -0.05) is 95.0 Å². The second kappa shape index (κ2) is 15.9. The number of aliphatic hydroxyl groups excluding tert-OH is 1. The van der Waals surface area contributed by atoms with Crippen LogP contribution in [0.2, 0.25) is 0 Å². The highest BCUT2D eigenvalue weighted by Gasteiger charge is 2.06. The van der Waals surface area contributed by atoms with Crippen molar-refractivity contribution in [3.63, 3.8) is 0 Å². The first kappa shape index (κ1) is 22.7. The lowest BCUT2D eigenvalue weighted by Gasteiger charge is -2.10. The molecule has 0 aromatic heterocycles. The number of amides is 1. The number of aliphatic hydroxyl groups is 1. The van der Waals surface area contributed by atoms with E-state index >= 15 is 0 Å². The van der Waals surface area contributed by atoms with Crippen LogP contribution in [-0.4, -0.2) is 17.1 Å². The van der Waals surface area contributed by atoms with Crippen molar-refractivity contribution in [1.82, 2.24) is 5.32 Å². The first-order valence-electron chi connectivity index (χ1n) is 10.7. The van der Waals surface area contributed by atoms with E-state index in [1.165, 1.54) is 51.4 Å². The van der Waals surface area contributed by atoms with E-state index in [1.54, 1.807) is 0 Å². The van der Waals surface area contributed by atoms with Crippen molar-refractivity contribution in [1.29, 1.82) is 0 Å². The Kier molecular flexibility index (Phi) is 13.8. The lowest BCUT2D eigenvalue weighted by atomic mass is 10.0. The minimum Gasteiger partial charge on any atom is -0.393 e. The standard InChI is InChI=1S/C23H39NO2/c1-2-3-4-5-6-7-8-9-13-17-22(25)18-14-19-23(26)24-20-21-15-11-10-12-16-21/h10-12,15-16,22,25H,2-9,13-14,17-20H2,1H3,(H,24,26)/t22-/m0/s1. The normalized spacial score (nSPS) is 12.1. The van der Waals surface area contributed by atoms with Gasteiger partial charge in [-0.3, -0.25) is 4.79 Å². The molecule has 26 heavy (non-hydrogen) atoms. The van der Waals surface area contributed by atoms with Gasteiger partial charge in [-0.25, -0.2) is 0 Å². The molecular formula is C23H39NO2. The Morgan fingerprint density at radius 1 is 0.885 bits per heavy atom. The van der Waals surface area contributed by atoms with Gasteiger partial charge in [0.2, 0.25) is 5.91 Å². The molecule has 2 N–H and O–H groups in total. The first-order chi connectivity index (χ1) is 12.7. The number of carbonyl (C=O) groups excluding carboxylic acids is 1. The van der Waals surface area contributed by atoms with Gasteiger partial charge in [0.05, 0.1) is 6.10 Å². The Labute approximate surface area is 160 Å². The minimum atomic E-state index is -0.249. The van der Waals surface area contributed by atoms with Crippen LogP contribution < -0.4 is 5.32 Å². The van der Waals surface area contributed by atoms with Crippen LogP contribution in [0.5, 0.6) is 0 Å². The van der Waals surface area contributed by atoms with Gasteiger partial charge in [0.25, 0.3) is 0 Å². The number of hydrogen-bond donors (Lipinski definition) is 2. The average Bonchev–Trinajstić information content (AvgIpc) is 2.66. The van der Waals surface area contributed by atoms with Crippen molar-refractivity contribution in [2.24, 2.45) is 0 Å². The summed E-state index contributed by atoms with van der Waals surface area (Å²) in [5.41, 5.74) is 1.12. The number of nitrogens with one attached hydrogen (secondary N) is 1. The van der Waals surface area contributed by atoms with Gasteiger partial charge in [-0.2, -0.15) is 0 Å². The van der Waals surface area contributed by atoms with Crippen molar-refractivity contribution in [3.05, 3.63) is 35.9 Å². The predicted octanol–water partition coefficient (Wildman–Crippen LogP) is 5.75. The molecule has 3 nitrogen and oxygen atoms in total. The molecule has 0 radical (unpaired) electrons. The van der Waals surface area contributed by atoms with Gasteiger partial charge in [-0.15, -0.1) is 0 Å². The number of hydrogen-bond acceptors (Lipinski definition) is 2. The predicted molar refractivity (Wildman–Crippen MR) is 110 cm³/mol. The Morgan fingerprint density at radius 3 is 2.12 bits per heavy atom. The van der Waals surface area contributed by atoms with Crippen LogP contribution in [0.3, 0.4) is 0 Å². The summed E-state index contributed by atoms with van der Waals surface area (Å²) >= 11 is 0. The number of carbonyl (C=O) groups is 1. The quantitative estimate of drug-likeness (QED) is 0.368.